The van der Waals surface area contributed by atoms with Crippen molar-refractivity contribution in [1.29, 1.82) is 0 Å². The first-order valence-corrected chi connectivity index (χ1v) is 4.85. The molecule has 0 aliphatic heterocycles. The van der Waals surface area contributed by atoms with Crippen molar-refractivity contribution in [2.75, 3.05) is 0 Å². The molecule has 0 bridgehead atoms. The van der Waals surface area contributed by atoms with Gasteiger partial charge >= 0.3 is 0 Å². The topological polar surface area (TPSA) is 46.2 Å². The maximum Gasteiger partial charge on any atom is 0.128 e. The van der Waals surface area contributed by atoms with E-state index in [9.17, 15) is 9.50 Å². The number of halogens is 2. The van der Waals surface area contributed by atoms with Crippen LogP contribution in [0.25, 0.3) is 0 Å². The van der Waals surface area contributed by atoms with Crippen LogP contribution in [0.4, 0.5) is 4.39 Å². The average molecular weight is 234 g/mol. The number of hydrogen-bond donors (Lipinski definition) is 2. The average Bonchev–Trinajstić information content (AvgIpc) is 2.18. The minimum atomic E-state index is -0.670. The van der Waals surface area contributed by atoms with E-state index in [0.717, 1.165) is 6.42 Å². The molecule has 0 aromatic heterocycles. The number of aliphatic hydroxyl groups is 1. The molecule has 0 heterocycles. The first kappa shape index (κ1) is 14.4. The fourth-order valence-electron chi connectivity index (χ4n) is 1.43. The van der Waals surface area contributed by atoms with Crippen LogP contribution in [0.15, 0.2) is 24.3 Å². The van der Waals surface area contributed by atoms with Gasteiger partial charge in [0.1, 0.15) is 5.82 Å². The van der Waals surface area contributed by atoms with Gasteiger partial charge < -0.3 is 10.8 Å². The summed E-state index contributed by atoms with van der Waals surface area (Å²) < 4.78 is 13.2. The van der Waals surface area contributed by atoms with Gasteiger partial charge in [0.05, 0.1) is 12.1 Å². The zero-order valence-electron chi connectivity index (χ0n) is 8.69. The Balaban J connectivity index is 0.00000196. The monoisotopic (exact) mass is 233 g/mol. The summed E-state index contributed by atoms with van der Waals surface area (Å²) in [6.45, 7) is 1.96. The zero-order chi connectivity index (χ0) is 10.6. The van der Waals surface area contributed by atoms with Crippen LogP contribution in [-0.4, -0.2) is 11.2 Å². The molecular weight excluding hydrogens is 217 g/mol. The van der Waals surface area contributed by atoms with E-state index in [2.05, 4.69) is 0 Å². The third-order valence-electron chi connectivity index (χ3n) is 2.26. The first-order valence-electron chi connectivity index (χ1n) is 4.85. The first-order chi connectivity index (χ1) is 6.66. The highest BCUT2D eigenvalue weighted by atomic mass is 35.5. The minimum absolute atomic E-state index is 0. The van der Waals surface area contributed by atoms with Crippen molar-refractivity contribution in [1.82, 2.24) is 0 Å². The third-order valence-corrected chi connectivity index (χ3v) is 2.26. The highest BCUT2D eigenvalue weighted by Crippen LogP contribution is 2.19. The lowest BCUT2D eigenvalue weighted by atomic mass is 9.99. The molecule has 1 aromatic rings. The lowest BCUT2D eigenvalue weighted by Crippen LogP contribution is -2.26. The molecule has 0 fully saturated rings. The molecule has 2 nitrogen and oxygen atoms in total. The van der Waals surface area contributed by atoms with E-state index in [1.165, 1.54) is 6.07 Å². The number of rotatable bonds is 4. The lowest BCUT2D eigenvalue weighted by Gasteiger charge is -2.18. The Morgan fingerprint density at radius 2 is 2.00 bits per heavy atom. The second-order valence-corrected chi connectivity index (χ2v) is 3.40. The Bertz CT molecular complexity index is 296. The minimum Gasteiger partial charge on any atom is -0.391 e. The number of nitrogens with two attached hydrogens (primary N) is 1. The van der Waals surface area contributed by atoms with E-state index in [4.69, 9.17) is 5.73 Å². The summed E-state index contributed by atoms with van der Waals surface area (Å²) in [4.78, 5) is 0. The molecule has 0 saturated heterocycles. The molecule has 0 radical (unpaired) electrons. The smallest absolute Gasteiger partial charge is 0.128 e. The van der Waals surface area contributed by atoms with Gasteiger partial charge in [-0.15, -0.1) is 12.4 Å². The molecule has 1 aromatic carbocycles. The largest absolute Gasteiger partial charge is 0.391 e. The van der Waals surface area contributed by atoms with Gasteiger partial charge in [0.15, 0.2) is 0 Å². The molecule has 3 N–H and O–H groups in total. The Morgan fingerprint density at radius 1 is 1.40 bits per heavy atom. The quantitative estimate of drug-likeness (QED) is 0.839. The highest BCUT2D eigenvalue weighted by molar-refractivity contribution is 5.85. The molecule has 2 atom stereocenters. The van der Waals surface area contributed by atoms with Gasteiger partial charge in [-0.1, -0.05) is 31.5 Å². The molecule has 1 rings (SSSR count). The fraction of sp³-hybridized carbons (Fsp3) is 0.455. The summed E-state index contributed by atoms with van der Waals surface area (Å²) in [5.41, 5.74) is 6.12. The molecule has 0 amide bonds. The Labute approximate surface area is 95.7 Å². The van der Waals surface area contributed by atoms with Crippen LogP contribution in [0.5, 0.6) is 0 Å². The highest BCUT2D eigenvalue weighted by Gasteiger charge is 2.18. The van der Waals surface area contributed by atoms with Crippen molar-refractivity contribution >= 4 is 12.4 Å². The second kappa shape index (κ2) is 6.77. The Hall–Kier alpha value is -0.640. The number of hydrogen-bond acceptors (Lipinski definition) is 2. The predicted molar refractivity (Wildman–Crippen MR) is 61.5 cm³/mol. The molecule has 0 aliphatic rings. The van der Waals surface area contributed by atoms with E-state index in [-0.39, 0.29) is 18.2 Å². The summed E-state index contributed by atoms with van der Waals surface area (Å²) in [5, 5.41) is 9.60. The van der Waals surface area contributed by atoms with Crippen molar-refractivity contribution < 1.29 is 9.50 Å². The van der Waals surface area contributed by atoms with Crippen LogP contribution in [0, 0.1) is 5.82 Å². The van der Waals surface area contributed by atoms with Crippen molar-refractivity contribution in [3.8, 4) is 0 Å². The second-order valence-electron chi connectivity index (χ2n) is 3.40. The van der Waals surface area contributed by atoms with E-state index < -0.39 is 12.1 Å². The van der Waals surface area contributed by atoms with Gasteiger partial charge in [0.25, 0.3) is 0 Å². The third kappa shape index (κ3) is 3.78. The Morgan fingerprint density at radius 3 is 2.53 bits per heavy atom. The van der Waals surface area contributed by atoms with Crippen molar-refractivity contribution in [3.05, 3.63) is 35.6 Å². The molecule has 0 spiro atoms. The molecule has 0 aliphatic carbocycles. The maximum absolute atomic E-state index is 13.2. The summed E-state index contributed by atoms with van der Waals surface area (Å²) in [7, 11) is 0. The van der Waals surface area contributed by atoms with Gasteiger partial charge in [-0.3, -0.25) is 0 Å². The normalized spacial score (nSPS) is 14.1. The van der Waals surface area contributed by atoms with Gasteiger partial charge in [0.2, 0.25) is 0 Å². The molecule has 86 valence electrons. The zero-order valence-corrected chi connectivity index (χ0v) is 9.51. The van der Waals surface area contributed by atoms with Crippen LogP contribution in [0.2, 0.25) is 0 Å². The van der Waals surface area contributed by atoms with E-state index in [1.54, 1.807) is 18.2 Å². The molecule has 15 heavy (non-hydrogen) atoms. The van der Waals surface area contributed by atoms with Crippen LogP contribution in [0.3, 0.4) is 0 Å². The van der Waals surface area contributed by atoms with Crippen LogP contribution < -0.4 is 5.73 Å². The molecule has 4 heteroatoms. The predicted octanol–water partition coefficient (Wildman–Crippen LogP) is 2.41. The summed E-state index contributed by atoms with van der Waals surface area (Å²) in [5.74, 6) is -0.352. The van der Waals surface area contributed by atoms with Gasteiger partial charge in [-0.2, -0.15) is 0 Å². The lowest BCUT2D eigenvalue weighted by molar-refractivity contribution is 0.133. The Kier molecular flexibility index (Phi) is 6.48. The van der Waals surface area contributed by atoms with Crippen molar-refractivity contribution in [2.45, 2.75) is 31.9 Å². The summed E-state index contributed by atoms with van der Waals surface area (Å²) in [6.07, 6.45) is 0.760. The maximum atomic E-state index is 13.2. The molecule has 0 saturated carbocycles. The molecule has 0 unspecified atom stereocenters. The van der Waals surface area contributed by atoms with Gasteiger partial charge in [-0.05, 0) is 12.5 Å². The molecular formula is C11H17ClFNO. The van der Waals surface area contributed by atoms with Crippen LogP contribution >= 0.6 is 12.4 Å². The SMILES string of the molecule is CCC[C@H](O)[C@H](N)c1ccccc1F.Cl. The van der Waals surface area contributed by atoms with Gasteiger partial charge in [-0.25, -0.2) is 4.39 Å². The standard InChI is InChI=1S/C11H16FNO.ClH/c1-2-5-10(14)11(13)8-6-3-4-7-9(8)12;/h3-4,6-7,10-11,14H,2,5,13H2,1H3;1H/t10-,11+;/m0./s1. The fourth-order valence-corrected chi connectivity index (χ4v) is 1.43. The summed E-state index contributed by atoms with van der Waals surface area (Å²) in [6, 6.07) is 5.66. The van der Waals surface area contributed by atoms with E-state index in [1.807, 2.05) is 6.92 Å². The van der Waals surface area contributed by atoms with E-state index in [0.29, 0.717) is 12.0 Å². The van der Waals surface area contributed by atoms with Gasteiger partial charge in [0, 0.05) is 5.56 Å². The summed E-state index contributed by atoms with van der Waals surface area (Å²) >= 11 is 0. The number of aliphatic hydroxyl groups excluding tert-OH is 1. The van der Waals surface area contributed by atoms with Crippen molar-refractivity contribution in [2.24, 2.45) is 5.73 Å². The van der Waals surface area contributed by atoms with Crippen molar-refractivity contribution in [3.63, 3.8) is 0 Å². The van der Waals surface area contributed by atoms with Crippen LogP contribution in [-0.2, 0) is 0 Å². The number of benzene rings is 1. The van der Waals surface area contributed by atoms with E-state index >= 15 is 0 Å². The van der Waals surface area contributed by atoms with Crippen LogP contribution in [0.1, 0.15) is 31.4 Å².